The van der Waals surface area contributed by atoms with Crippen molar-refractivity contribution in [1.29, 1.82) is 5.41 Å². The zero-order chi connectivity index (χ0) is 18.3. The van der Waals surface area contributed by atoms with E-state index in [0.29, 0.717) is 26.7 Å². The number of fused-ring (bicyclic) bond motifs is 2. The zero-order valence-corrected chi connectivity index (χ0v) is 14.9. The van der Waals surface area contributed by atoms with Crippen LogP contribution in [-0.4, -0.2) is 5.91 Å². The van der Waals surface area contributed by atoms with Crippen LogP contribution in [0.25, 0.3) is 21.7 Å². The van der Waals surface area contributed by atoms with E-state index in [2.05, 4.69) is 5.32 Å². The Labute approximate surface area is 158 Å². The Hall–Kier alpha value is -2.82. The standard InChI is InChI=1S/C20H12Cl2N2O2/c21-13-8-12-9-15(19(23)26-18(12)16(22)10-13)20(25)24-17-7-3-5-11-4-1-2-6-14(11)17/h1-10,23H,(H,24,25). The summed E-state index contributed by atoms with van der Waals surface area (Å²) in [6, 6.07) is 18.1. The van der Waals surface area contributed by atoms with Crippen LogP contribution in [-0.2, 0) is 0 Å². The van der Waals surface area contributed by atoms with Gasteiger partial charge in [0.05, 0.1) is 5.02 Å². The van der Waals surface area contributed by atoms with E-state index < -0.39 is 5.91 Å². The lowest BCUT2D eigenvalue weighted by Crippen LogP contribution is -2.21. The molecule has 6 heteroatoms. The number of hydrogen-bond donors (Lipinski definition) is 2. The number of carbonyl (C=O) groups is 1. The largest absolute Gasteiger partial charge is 0.437 e. The van der Waals surface area contributed by atoms with Crippen molar-refractivity contribution in [3.8, 4) is 0 Å². The second-order valence-electron chi connectivity index (χ2n) is 5.78. The van der Waals surface area contributed by atoms with Crippen LogP contribution in [0.1, 0.15) is 10.4 Å². The fourth-order valence-corrected chi connectivity index (χ4v) is 3.41. The van der Waals surface area contributed by atoms with E-state index in [4.69, 9.17) is 33.0 Å². The molecule has 0 spiro atoms. The van der Waals surface area contributed by atoms with Gasteiger partial charge in [0.1, 0.15) is 5.56 Å². The summed E-state index contributed by atoms with van der Waals surface area (Å²) < 4.78 is 5.44. The molecule has 4 nitrogen and oxygen atoms in total. The van der Waals surface area contributed by atoms with E-state index in [1.807, 2.05) is 42.5 Å². The third-order valence-electron chi connectivity index (χ3n) is 4.07. The average Bonchev–Trinajstić information content (AvgIpc) is 2.62. The molecule has 4 rings (SSSR count). The van der Waals surface area contributed by atoms with Crippen LogP contribution in [0, 0.1) is 5.41 Å². The highest BCUT2D eigenvalue weighted by Gasteiger charge is 2.15. The minimum atomic E-state index is -0.437. The zero-order valence-electron chi connectivity index (χ0n) is 13.3. The molecule has 3 aromatic carbocycles. The highest BCUT2D eigenvalue weighted by atomic mass is 35.5. The van der Waals surface area contributed by atoms with Crippen LogP contribution in [0.2, 0.25) is 10.0 Å². The van der Waals surface area contributed by atoms with Crippen molar-refractivity contribution in [1.82, 2.24) is 0 Å². The minimum Gasteiger partial charge on any atom is -0.437 e. The molecule has 4 aromatic rings. The first-order valence-electron chi connectivity index (χ1n) is 7.79. The fraction of sp³-hybridized carbons (Fsp3) is 0. The van der Waals surface area contributed by atoms with E-state index in [0.717, 1.165) is 10.8 Å². The number of nitrogens with one attached hydrogen (secondary N) is 2. The van der Waals surface area contributed by atoms with Crippen molar-refractivity contribution in [2.24, 2.45) is 0 Å². The number of benzene rings is 3. The van der Waals surface area contributed by atoms with Crippen LogP contribution in [0.15, 0.2) is 65.1 Å². The molecule has 0 aliphatic carbocycles. The maximum Gasteiger partial charge on any atom is 0.261 e. The first kappa shape index (κ1) is 16.6. The predicted molar refractivity (Wildman–Crippen MR) is 104 cm³/mol. The third-order valence-corrected chi connectivity index (χ3v) is 4.57. The molecule has 0 bridgehead atoms. The van der Waals surface area contributed by atoms with E-state index in [-0.39, 0.29) is 11.1 Å². The van der Waals surface area contributed by atoms with Gasteiger partial charge in [0, 0.05) is 21.5 Å². The molecule has 0 aliphatic heterocycles. The summed E-state index contributed by atoms with van der Waals surface area (Å²) in [5.74, 6) is -0.437. The van der Waals surface area contributed by atoms with E-state index in [1.165, 1.54) is 6.07 Å². The Bertz CT molecular complexity index is 1230. The molecule has 0 saturated heterocycles. The molecule has 128 valence electrons. The average molecular weight is 383 g/mol. The molecule has 1 amide bonds. The van der Waals surface area contributed by atoms with Gasteiger partial charge in [-0.15, -0.1) is 0 Å². The van der Waals surface area contributed by atoms with Gasteiger partial charge < -0.3 is 9.73 Å². The predicted octanol–water partition coefficient (Wildman–Crippen LogP) is 5.62. The van der Waals surface area contributed by atoms with Gasteiger partial charge in [-0.2, -0.15) is 0 Å². The Kier molecular flexibility index (Phi) is 4.15. The summed E-state index contributed by atoms with van der Waals surface area (Å²) >= 11 is 12.1. The van der Waals surface area contributed by atoms with Gasteiger partial charge in [-0.1, -0.05) is 59.6 Å². The molecule has 0 saturated carbocycles. The van der Waals surface area contributed by atoms with Gasteiger partial charge in [-0.3, -0.25) is 10.2 Å². The van der Waals surface area contributed by atoms with E-state index >= 15 is 0 Å². The summed E-state index contributed by atoms with van der Waals surface area (Å²) in [6.45, 7) is 0. The molecular formula is C20H12Cl2N2O2. The lowest BCUT2D eigenvalue weighted by Gasteiger charge is -2.09. The second-order valence-corrected chi connectivity index (χ2v) is 6.62. The molecule has 26 heavy (non-hydrogen) atoms. The molecule has 0 atom stereocenters. The number of carbonyl (C=O) groups excluding carboxylic acids is 1. The lowest BCUT2D eigenvalue weighted by atomic mass is 10.1. The highest BCUT2D eigenvalue weighted by molar-refractivity contribution is 6.38. The number of anilines is 1. The molecule has 0 fully saturated rings. The minimum absolute atomic E-state index is 0.101. The second kappa shape index (κ2) is 6.48. The van der Waals surface area contributed by atoms with E-state index in [9.17, 15) is 4.79 Å². The Morgan fingerprint density at radius 2 is 1.73 bits per heavy atom. The van der Waals surface area contributed by atoms with Crippen molar-refractivity contribution in [2.45, 2.75) is 0 Å². The number of halogens is 2. The van der Waals surface area contributed by atoms with Gasteiger partial charge in [-0.25, -0.2) is 0 Å². The number of hydrogen-bond acceptors (Lipinski definition) is 3. The van der Waals surface area contributed by atoms with Crippen molar-refractivity contribution in [3.05, 3.63) is 81.8 Å². The first-order valence-corrected chi connectivity index (χ1v) is 8.55. The maximum absolute atomic E-state index is 12.7. The van der Waals surface area contributed by atoms with Crippen LogP contribution < -0.4 is 10.9 Å². The molecule has 1 heterocycles. The summed E-state index contributed by atoms with van der Waals surface area (Å²) in [7, 11) is 0. The van der Waals surface area contributed by atoms with Crippen molar-refractivity contribution >= 4 is 56.5 Å². The number of amides is 1. The normalized spacial score (nSPS) is 11.0. The van der Waals surface area contributed by atoms with Crippen LogP contribution in [0.5, 0.6) is 0 Å². The topological polar surface area (TPSA) is 66.1 Å². The molecule has 2 N–H and O–H groups in total. The molecule has 1 aromatic heterocycles. The van der Waals surface area contributed by atoms with Gasteiger partial charge in [0.2, 0.25) is 5.55 Å². The monoisotopic (exact) mass is 382 g/mol. The van der Waals surface area contributed by atoms with Gasteiger partial charge in [0.25, 0.3) is 5.91 Å². The van der Waals surface area contributed by atoms with Gasteiger partial charge in [-0.05, 0) is 29.7 Å². The van der Waals surface area contributed by atoms with Crippen molar-refractivity contribution in [2.75, 3.05) is 5.32 Å². The van der Waals surface area contributed by atoms with Crippen LogP contribution >= 0.6 is 23.2 Å². The summed E-state index contributed by atoms with van der Waals surface area (Å²) in [5.41, 5.74) is 0.822. The summed E-state index contributed by atoms with van der Waals surface area (Å²) in [6.07, 6.45) is 0. The Morgan fingerprint density at radius 1 is 0.962 bits per heavy atom. The first-order chi connectivity index (χ1) is 12.5. The fourth-order valence-electron chi connectivity index (χ4n) is 2.87. The maximum atomic E-state index is 12.7. The van der Waals surface area contributed by atoms with Crippen LogP contribution in [0.4, 0.5) is 5.69 Å². The third kappa shape index (κ3) is 2.94. The lowest BCUT2D eigenvalue weighted by molar-refractivity contribution is 0.102. The smallest absolute Gasteiger partial charge is 0.261 e. The SMILES string of the molecule is N=c1oc2c(Cl)cc(Cl)cc2cc1C(=O)Nc1cccc2ccccc12. The number of rotatable bonds is 2. The van der Waals surface area contributed by atoms with Gasteiger partial charge in [0.15, 0.2) is 5.58 Å². The summed E-state index contributed by atoms with van der Waals surface area (Å²) in [4.78, 5) is 12.7. The molecular weight excluding hydrogens is 371 g/mol. The highest BCUT2D eigenvalue weighted by Crippen LogP contribution is 2.28. The molecule has 0 aliphatic rings. The Balaban J connectivity index is 1.79. The van der Waals surface area contributed by atoms with Crippen molar-refractivity contribution < 1.29 is 9.21 Å². The quantitative estimate of drug-likeness (QED) is 0.472. The summed E-state index contributed by atoms with van der Waals surface area (Å²) in [5, 5.41) is 14.1. The van der Waals surface area contributed by atoms with Crippen molar-refractivity contribution in [3.63, 3.8) is 0 Å². The van der Waals surface area contributed by atoms with E-state index in [1.54, 1.807) is 12.1 Å². The molecule has 0 unspecified atom stereocenters. The Morgan fingerprint density at radius 3 is 2.58 bits per heavy atom. The molecule has 0 radical (unpaired) electrons. The van der Waals surface area contributed by atoms with Crippen LogP contribution in [0.3, 0.4) is 0 Å². The van der Waals surface area contributed by atoms with Gasteiger partial charge >= 0.3 is 0 Å².